The lowest BCUT2D eigenvalue weighted by Gasteiger charge is -2.11. The van der Waals surface area contributed by atoms with Gasteiger partial charge in [0.05, 0.1) is 5.02 Å². The molecule has 5 nitrogen and oxygen atoms in total. The van der Waals surface area contributed by atoms with Crippen molar-refractivity contribution in [1.82, 2.24) is 0 Å². The molecule has 0 aliphatic carbocycles. The maximum Gasteiger partial charge on any atom is 0.341 e. The second-order valence-electron chi connectivity index (χ2n) is 4.59. The van der Waals surface area contributed by atoms with Crippen molar-refractivity contribution in [3.63, 3.8) is 0 Å². The molecule has 2 N–H and O–H groups in total. The van der Waals surface area contributed by atoms with Gasteiger partial charge in [0.1, 0.15) is 5.75 Å². The maximum atomic E-state index is 11.7. The van der Waals surface area contributed by atoms with Crippen LogP contribution in [0.4, 0.5) is 5.69 Å². The van der Waals surface area contributed by atoms with Crippen molar-refractivity contribution in [3.8, 4) is 5.75 Å². The van der Waals surface area contributed by atoms with Gasteiger partial charge in [0, 0.05) is 12.1 Å². The molecule has 0 bridgehead atoms. The van der Waals surface area contributed by atoms with E-state index in [1.807, 2.05) is 13.8 Å². The van der Waals surface area contributed by atoms with Gasteiger partial charge in [-0.05, 0) is 24.1 Å². The van der Waals surface area contributed by atoms with Gasteiger partial charge in [-0.15, -0.1) is 0 Å². The van der Waals surface area contributed by atoms with E-state index in [-0.39, 0.29) is 16.7 Å². The van der Waals surface area contributed by atoms with Crippen LogP contribution in [0.1, 0.15) is 26.7 Å². The molecule has 0 spiro atoms. The highest BCUT2D eigenvalue weighted by Gasteiger charge is 2.10. The number of carbonyl (C=O) groups is 2. The zero-order valence-corrected chi connectivity index (χ0v) is 12.2. The van der Waals surface area contributed by atoms with E-state index < -0.39 is 12.6 Å². The number of halogens is 1. The monoisotopic (exact) mass is 299 g/mol. The molecule has 0 aliphatic rings. The summed E-state index contributed by atoms with van der Waals surface area (Å²) in [4.78, 5) is 22.1. The quantitative estimate of drug-likeness (QED) is 0.811. The Bertz CT molecular complexity index is 490. The summed E-state index contributed by atoms with van der Waals surface area (Å²) >= 11 is 5.96. The third-order valence-electron chi connectivity index (χ3n) is 2.80. The normalized spacial score (nSPS) is 11.8. The van der Waals surface area contributed by atoms with E-state index in [1.165, 1.54) is 12.1 Å². The predicted molar refractivity (Wildman–Crippen MR) is 77.3 cm³/mol. The number of hydrogen-bond donors (Lipinski definition) is 2. The van der Waals surface area contributed by atoms with Gasteiger partial charge in [-0.2, -0.15) is 0 Å². The van der Waals surface area contributed by atoms with Gasteiger partial charge in [-0.1, -0.05) is 31.9 Å². The van der Waals surface area contributed by atoms with E-state index in [0.717, 1.165) is 6.42 Å². The molecular formula is C14H18ClNO4. The number of nitrogens with one attached hydrogen (secondary N) is 1. The molecule has 0 fully saturated rings. The Hall–Kier alpha value is -1.75. The number of carbonyl (C=O) groups excluding carboxylic acids is 1. The molecule has 110 valence electrons. The zero-order chi connectivity index (χ0) is 15.1. The number of rotatable bonds is 7. The molecule has 20 heavy (non-hydrogen) atoms. The Morgan fingerprint density at radius 1 is 1.45 bits per heavy atom. The highest BCUT2D eigenvalue weighted by Crippen LogP contribution is 2.27. The number of benzene rings is 1. The lowest BCUT2D eigenvalue weighted by molar-refractivity contribution is -0.139. The summed E-state index contributed by atoms with van der Waals surface area (Å²) in [6, 6.07) is 4.69. The minimum absolute atomic E-state index is 0.0744. The molecule has 1 aromatic carbocycles. The summed E-state index contributed by atoms with van der Waals surface area (Å²) in [5.41, 5.74) is 0.561. The number of amides is 1. The summed E-state index contributed by atoms with van der Waals surface area (Å²) < 4.78 is 5.00. The fourth-order valence-corrected chi connectivity index (χ4v) is 1.74. The smallest absolute Gasteiger partial charge is 0.341 e. The molecule has 0 radical (unpaired) electrons. The topological polar surface area (TPSA) is 75.6 Å². The minimum atomic E-state index is -1.08. The highest BCUT2D eigenvalue weighted by molar-refractivity contribution is 6.32. The summed E-state index contributed by atoms with van der Waals surface area (Å²) in [6.07, 6.45) is 1.39. The van der Waals surface area contributed by atoms with Crippen LogP contribution in [0.5, 0.6) is 5.75 Å². The number of carboxylic acid groups (broad SMARTS) is 1. The molecule has 0 aromatic heterocycles. The van der Waals surface area contributed by atoms with Crippen LogP contribution in [-0.4, -0.2) is 23.6 Å². The standard InChI is InChI=1S/C14H18ClNO4/c1-3-9(2)6-13(17)16-10-4-5-12(11(15)7-10)20-8-14(18)19/h4-5,7,9H,3,6,8H2,1-2H3,(H,16,17)(H,18,19). The van der Waals surface area contributed by atoms with Gasteiger partial charge >= 0.3 is 5.97 Å². The summed E-state index contributed by atoms with van der Waals surface area (Å²) in [7, 11) is 0. The van der Waals surface area contributed by atoms with Gasteiger partial charge in [-0.25, -0.2) is 4.79 Å². The van der Waals surface area contributed by atoms with E-state index in [2.05, 4.69) is 5.32 Å². The summed E-state index contributed by atoms with van der Waals surface area (Å²) in [5.74, 6) is -0.556. The molecule has 0 aliphatic heterocycles. The first-order valence-electron chi connectivity index (χ1n) is 6.36. The molecule has 1 rings (SSSR count). The molecule has 1 atom stereocenters. The number of carboxylic acids is 1. The van der Waals surface area contributed by atoms with Crippen molar-refractivity contribution in [2.75, 3.05) is 11.9 Å². The van der Waals surface area contributed by atoms with Crippen LogP contribution < -0.4 is 10.1 Å². The number of ether oxygens (including phenoxy) is 1. The summed E-state index contributed by atoms with van der Waals surface area (Å²) in [5, 5.41) is 11.5. The first kappa shape index (κ1) is 16.3. The molecule has 0 saturated carbocycles. The summed E-state index contributed by atoms with van der Waals surface area (Å²) in [6.45, 7) is 3.58. The van der Waals surface area contributed by atoms with E-state index in [0.29, 0.717) is 18.0 Å². The molecule has 6 heteroatoms. The third-order valence-corrected chi connectivity index (χ3v) is 3.09. The number of anilines is 1. The van der Waals surface area contributed by atoms with E-state index >= 15 is 0 Å². The molecular weight excluding hydrogens is 282 g/mol. The van der Waals surface area contributed by atoms with Crippen molar-refractivity contribution in [3.05, 3.63) is 23.2 Å². The first-order chi connectivity index (χ1) is 9.42. The van der Waals surface area contributed by atoms with Gasteiger partial charge in [0.25, 0.3) is 0 Å². The van der Waals surface area contributed by atoms with Crippen LogP contribution in [0.3, 0.4) is 0 Å². The highest BCUT2D eigenvalue weighted by atomic mass is 35.5. The van der Waals surface area contributed by atoms with E-state index in [9.17, 15) is 9.59 Å². The number of aliphatic carboxylic acids is 1. The SMILES string of the molecule is CCC(C)CC(=O)Nc1ccc(OCC(=O)O)c(Cl)c1. The Labute approximate surface area is 122 Å². The second-order valence-corrected chi connectivity index (χ2v) is 5.00. The lowest BCUT2D eigenvalue weighted by Crippen LogP contribution is -2.15. The van der Waals surface area contributed by atoms with Crippen LogP contribution in [-0.2, 0) is 9.59 Å². The van der Waals surface area contributed by atoms with Crippen LogP contribution in [0.15, 0.2) is 18.2 Å². The lowest BCUT2D eigenvalue weighted by atomic mass is 10.1. The van der Waals surface area contributed by atoms with Gasteiger partial charge in [0.15, 0.2) is 6.61 Å². The van der Waals surface area contributed by atoms with Crippen molar-refractivity contribution in [1.29, 1.82) is 0 Å². The third kappa shape index (κ3) is 5.48. The van der Waals surface area contributed by atoms with Crippen molar-refractivity contribution in [2.24, 2.45) is 5.92 Å². The van der Waals surface area contributed by atoms with Crippen molar-refractivity contribution < 1.29 is 19.4 Å². The Balaban J connectivity index is 2.63. The van der Waals surface area contributed by atoms with E-state index in [4.69, 9.17) is 21.4 Å². The molecule has 1 amide bonds. The number of hydrogen-bond acceptors (Lipinski definition) is 3. The first-order valence-corrected chi connectivity index (χ1v) is 6.74. The predicted octanol–water partition coefficient (Wildman–Crippen LogP) is 3.18. The molecule has 0 saturated heterocycles. The van der Waals surface area contributed by atoms with Crippen LogP contribution in [0, 0.1) is 5.92 Å². The molecule has 1 unspecified atom stereocenters. The largest absolute Gasteiger partial charge is 0.480 e. The van der Waals surface area contributed by atoms with Crippen LogP contribution in [0.2, 0.25) is 5.02 Å². The van der Waals surface area contributed by atoms with Crippen LogP contribution in [0.25, 0.3) is 0 Å². The van der Waals surface area contributed by atoms with Gasteiger partial charge < -0.3 is 15.2 Å². The Morgan fingerprint density at radius 2 is 2.15 bits per heavy atom. The Morgan fingerprint density at radius 3 is 2.70 bits per heavy atom. The Kier molecular flexibility index (Phi) is 6.31. The van der Waals surface area contributed by atoms with Crippen LogP contribution >= 0.6 is 11.6 Å². The molecule has 0 heterocycles. The molecule has 1 aromatic rings. The van der Waals surface area contributed by atoms with Crippen molar-refractivity contribution >= 4 is 29.2 Å². The van der Waals surface area contributed by atoms with Gasteiger partial charge in [-0.3, -0.25) is 4.79 Å². The van der Waals surface area contributed by atoms with Gasteiger partial charge in [0.2, 0.25) is 5.91 Å². The average molecular weight is 300 g/mol. The average Bonchev–Trinajstić information content (AvgIpc) is 2.37. The van der Waals surface area contributed by atoms with E-state index in [1.54, 1.807) is 6.07 Å². The second kappa shape index (κ2) is 7.75. The minimum Gasteiger partial charge on any atom is -0.480 e. The zero-order valence-electron chi connectivity index (χ0n) is 11.5. The fraction of sp³-hybridized carbons (Fsp3) is 0.429. The van der Waals surface area contributed by atoms with Crippen molar-refractivity contribution in [2.45, 2.75) is 26.7 Å². The maximum absolute atomic E-state index is 11.7. The fourth-order valence-electron chi connectivity index (χ4n) is 1.51.